The maximum atomic E-state index is 13.4. The average molecular weight is 413 g/mol. The topological polar surface area (TPSA) is 112 Å². The van der Waals surface area contributed by atoms with E-state index in [1.807, 2.05) is 24.3 Å². The molecule has 1 atom stereocenters. The number of fused-ring (bicyclic) bond motifs is 2. The molecule has 0 saturated heterocycles. The van der Waals surface area contributed by atoms with Crippen LogP contribution in [0.5, 0.6) is 0 Å². The molecule has 1 unspecified atom stereocenters. The molecule has 1 aliphatic heterocycles. The summed E-state index contributed by atoms with van der Waals surface area (Å²) >= 11 is 1.42. The molecule has 4 rings (SSSR count). The normalized spacial score (nSPS) is 15.3. The van der Waals surface area contributed by atoms with Crippen LogP contribution in [0.15, 0.2) is 42.5 Å². The van der Waals surface area contributed by atoms with E-state index in [9.17, 15) is 18.8 Å². The van der Waals surface area contributed by atoms with Gasteiger partial charge in [0.25, 0.3) is 5.91 Å². The molecule has 29 heavy (non-hydrogen) atoms. The van der Waals surface area contributed by atoms with Crippen LogP contribution >= 0.6 is 11.3 Å². The van der Waals surface area contributed by atoms with E-state index >= 15 is 0 Å². The highest BCUT2D eigenvalue weighted by Gasteiger charge is 2.31. The molecule has 0 aliphatic carbocycles. The number of para-hydroxylation sites is 1. The number of aromatic nitrogens is 1. The highest BCUT2D eigenvalue weighted by atomic mass is 32.1. The largest absolute Gasteiger partial charge is 0.352 e. The third-order valence-corrected chi connectivity index (χ3v) is 5.38. The van der Waals surface area contributed by atoms with Gasteiger partial charge in [0.1, 0.15) is 5.82 Å². The van der Waals surface area contributed by atoms with Crippen LogP contribution < -0.4 is 21.5 Å². The number of thiazole rings is 1. The summed E-state index contributed by atoms with van der Waals surface area (Å²) in [4.78, 5) is 40.7. The molecular weight excluding hydrogens is 397 g/mol. The van der Waals surface area contributed by atoms with Gasteiger partial charge in [0.05, 0.1) is 22.7 Å². The first-order chi connectivity index (χ1) is 14.0. The Morgan fingerprint density at radius 2 is 2.03 bits per heavy atom. The number of amides is 3. The Balaban J connectivity index is 1.33. The number of nitrogens with zero attached hydrogens (tertiary/aromatic N) is 1. The maximum Gasteiger partial charge on any atom is 0.257 e. The summed E-state index contributed by atoms with van der Waals surface area (Å²) in [7, 11) is 0. The van der Waals surface area contributed by atoms with Gasteiger partial charge in [-0.25, -0.2) is 9.37 Å². The van der Waals surface area contributed by atoms with Gasteiger partial charge in [-0.05, 0) is 29.8 Å². The number of hydrogen-bond donors (Lipinski definition) is 4. The molecule has 0 bridgehead atoms. The zero-order valence-electron chi connectivity index (χ0n) is 15.0. The van der Waals surface area contributed by atoms with Crippen LogP contribution in [0.25, 0.3) is 10.2 Å². The predicted molar refractivity (Wildman–Crippen MR) is 107 cm³/mol. The molecule has 1 aliphatic rings. The number of carbonyl (C=O) groups excluding carboxylic acids is 3. The van der Waals surface area contributed by atoms with Crippen molar-refractivity contribution in [3.8, 4) is 0 Å². The predicted octanol–water partition coefficient (Wildman–Crippen LogP) is 2.12. The number of hydrazine groups is 1. The number of carbonyl (C=O) groups is 3. The second kappa shape index (κ2) is 7.84. The van der Waals surface area contributed by atoms with Gasteiger partial charge in [0.15, 0.2) is 5.13 Å². The van der Waals surface area contributed by atoms with Crippen LogP contribution in [-0.2, 0) is 14.4 Å². The van der Waals surface area contributed by atoms with E-state index < -0.39 is 29.5 Å². The Labute approximate surface area is 168 Å². The Morgan fingerprint density at radius 3 is 2.86 bits per heavy atom. The highest BCUT2D eigenvalue weighted by Crippen LogP contribution is 2.32. The van der Waals surface area contributed by atoms with Gasteiger partial charge in [0, 0.05) is 12.1 Å². The molecule has 148 valence electrons. The first-order valence-electron chi connectivity index (χ1n) is 8.77. The van der Waals surface area contributed by atoms with Crippen molar-refractivity contribution in [3.63, 3.8) is 0 Å². The molecular formula is C19H16FN5O3S. The Morgan fingerprint density at radius 1 is 1.21 bits per heavy atom. The summed E-state index contributed by atoms with van der Waals surface area (Å²) in [5, 5.41) is 6.03. The molecule has 3 amide bonds. The standard InChI is InChI=1S/C19H16FN5O3S/c20-10-5-6-11-12(8-16(26)22-14(11)7-10)18(28)25-24-17(27)9-21-19-23-13-3-1-2-4-15(13)29-19/h1-7,12H,8-9H2,(H,21,23)(H,22,26)(H,24,27)(H,25,28). The summed E-state index contributed by atoms with van der Waals surface area (Å²) in [6, 6.07) is 11.4. The Kier molecular flexibility index (Phi) is 5.09. The number of hydrogen-bond acceptors (Lipinski definition) is 6. The smallest absolute Gasteiger partial charge is 0.257 e. The lowest BCUT2D eigenvalue weighted by Gasteiger charge is -2.24. The summed E-state index contributed by atoms with van der Waals surface area (Å²) < 4.78 is 14.4. The minimum absolute atomic E-state index is 0.0902. The van der Waals surface area contributed by atoms with Crippen molar-refractivity contribution in [2.24, 2.45) is 0 Å². The van der Waals surface area contributed by atoms with Crippen molar-refractivity contribution < 1.29 is 18.8 Å². The number of nitrogens with one attached hydrogen (secondary N) is 4. The second-order valence-electron chi connectivity index (χ2n) is 6.41. The summed E-state index contributed by atoms with van der Waals surface area (Å²) in [6.07, 6.45) is -0.0930. The molecule has 10 heteroatoms. The fraction of sp³-hybridized carbons (Fsp3) is 0.158. The van der Waals surface area contributed by atoms with Crippen LogP contribution in [0.4, 0.5) is 15.2 Å². The van der Waals surface area contributed by atoms with Gasteiger partial charge in [-0.15, -0.1) is 0 Å². The zero-order valence-corrected chi connectivity index (χ0v) is 15.8. The van der Waals surface area contributed by atoms with Gasteiger partial charge < -0.3 is 10.6 Å². The van der Waals surface area contributed by atoms with Crippen molar-refractivity contribution in [2.75, 3.05) is 17.2 Å². The molecule has 3 aromatic rings. The van der Waals surface area contributed by atoms with Crippen LogP contribution in [0.3, 0.4) is 0 Å². The number of benzene rings is 2. The Hall–Kier alpha value is -3.53. The van der Waals surface area contributed by atoms with Crippen LogP contribution in [-0.4, -0.2) is 29.3 Å². The SMILES string of the molecule is O=C(CNc1nc2ccccc2s1)NNC(=O)C1CC(=O)Nc2cc(F)ccc21. The summed E-state index contributed by atoms with van der Waals surface area (Å²) in [5.41, 5.74) is 6.21. The number of rotatable bonds is 4. The third kappa shape index (κ3) is 4.16. The molecule has 0 fully saturated rings. The number of anilines is 2. The van der Waals surface area contributed by atoms with E-state index in [1.54, 1.807) is 0 Å². The van der Waals surface area contributed by atoms with Crippen molar-refractivity contribution in [2.45, 2.75) is 12.3 Å². The third-order valence-electron chi connectivity index (χ3n) is 4.39. The Bertz CT molecular complexity index is 1080. The van der Waals surface area contributed by atoms with Gasteiger partial charge in [-0.3, -0.25) is 25.2 Å². The lowest BCUT2D eigenvalue weighted by atomic mass is 9.90. The van der Waals surface area contributed by atoms with Crippen LogP contribution in [0.2, 0.25) is 0 Å². The average Bonchev–Trinajstić information content (AvgIpc) is 3.12. The molecule has 4 N–H and O–H groups in total. The molecule has 2 aromatic carbocycles. The molecule has 0 spiro atoms. The van der Waals surface area contributed by atoms with Crippen molar-refractivity contribution in [3.05, 3.63) is 53.8 Å². The molecule has 1 aromatic heterocycles. The van der Waals surface area contributed by atoms with Gasteiger partial charge in [0.2, 0.25) is 11.8 Å². The van der Waals surface area contributed by atoms with Crippen LogP contribution in [0, 0.1) is 5.82 Å². The summed E-state index contributed by atoms with van der Waals surface area (Å²) in [6.45, 7) is -0.0902. The molecule has 0 saturated carbocycles. The van der Waals surface area contributed by atoms with E-state index in [1.165, 1.54) is 23.5 Å². The summed E-state index contributed by atoms with van der Waals surface area (Å²) in [5.74, 6) is -2.76. The van der Waals surface area contributed by atoms with E-state index in [0.29, 0.717) is 10.7 Å². The zero-order chi connectivity index (χ0) is 20.4. The minimum atomic E-state index is -0.822. The second-order valence-corrected chi connectivity index (χ2v) is 7.44. The first-order valence-corrected chi connectivity index (χ1v) is 9.58. The lowest BCUT2D eigenvalue weighted by Crippen LogP contribution is -2.47. The van der Waals surface area contributed by atoms with Gasteiger partial charge in [-0.2, -0.15) is 0 Å². The number of halogens is 1. The first kappa shape index (κ1) is 18.8. The molecule has 2 heterocycles. The fourth-order valence-corrected chi connectivity index (χ4v) is 3.90. The minimum Gasteiger partial charge on any atom is -0.352 e. The quantitative estimate of drug-likeness (QED) is 0.490. The van der Waals surface area contributed by atoms with Gasteiger partial charge in [-0.1, -0.05) is 29.5 Å². The van der Waals surface area contributed by atoms with E-state index in [2.05, 4.69) is 26.5 Å². The monoisotopic (exact) mass is 413 g/mol. The van der Waals surface area contributed by atoms with Crippen molar-refractivity contribution in [1.29, 1.82) is 0 Å². The van der Waals surface area contributed by atoms with Crippen molar-refractivity contribution >= 4 is 50.1 Å². The van der Waals surface area contributed by atoms with E-state index in [-0.39, 0.29) is 18.7 Å². The lowest BCUT2D eigenvalue weighted by molar-refractivity contribution is -0.130. The molecule has 0 radical (unpaired) electrons. The van der Waals surface area contributed by atoms with Gasteiger partial charge >= 0.3 is 0 Å². The van der Waals surface area contributed by atoms with Crippen molar-refractivity contribution in [1.82, 2.24) is 15.8 Å². The van der Waals surface area contributed by atoms with Crippen LogP contribution in [0.1, 0.15) is 17.9 Å². The maximum absolute atomic E-state index is 13.4. The fourth-order valence-electron chi connectivity index (χ4n) is 3.04. The highest BCUT2D eigenvalue weighted by molar-refractivity contribution is 7.22. The van der Waals surface area contributed by atoms with E-state index in [4.69, 9.17) is 0 Å². The van der Waals surface area contributed by atoms with E-state index in [0.717, 1.165) is 16.3 Å². The molecule has 8 nitrogen and oxygen atoms in total.